The van der Waals surface area contributed by atoms with Gasteiger partial charge in [0.1, 0.15) is 12.1 Å². The molecule has 30 heavy (non-hydrogen) atoms. The molecular weight excluding hydrogens is 376 g/mol. The first kappa shape index (κ1) is 18.6. The molecule has 0 unspecified atom stereocenters. The van der Waals surface area contributed by atoms with E-state index in [1.807, 2.05) is 10.9 Å². The molecule has 1 saturated heterocycles. The van der Waals surface area contributed by atoms with Crippen LogP contribution in [-0.4, -0.2) is 45.3 Å². The number of carbonyl (C=O) groups is 1. The lowest BCUT2D eigenvalue weighted by atomic mass is 9.49. The van der Waals surface area contributed by atoms with Crippen molar-refractivity contribution in [3.05, 3.63) is 12.5 Å². The smallest absolute Gasteiger partial charge is 0.226 e. The zero-order chi connectivity index (χ0) is 20.1. The summed E-state index contributed by atoms with van der Waals surface area (Å²) < 4.78 is 1.92. The molecule has 3 heterocycles. The highest BCUT2D eigenvalue weighted by Gasteiger charge is 2.54. The van der Waals surface area contributed by atoms with Crippen molar-refractivity contribution in [3.8, 4) is 0 Å². The van der Waals surface area contributed by atoms with Gasteiger partial charge in [-0.3, -0.25) is 4.79 Å². The van der Waals surface area contributed by atoms with Gasteiger partial charge in [-0.05, 0) is 75.5 Å². The minimum Gasteiger partial charge on any atom is -0.356 e. The summed E-state index contributed by atoms with van der Waals surface area (Å²) in [7, 11) is 0. The van der Waals surface area contributed by atoms with Crippen molar-refractivity contribution in [1.29, 1.82) is 0 Å². The molecule has 5 fully saturated rings. The molecule has 1 amide bonds. The van der Waals surface area contributed by atoms with Gasteiger partial charge in [0.15, 0.2) is 5.65 Å². The molecule has 4 saturated carbocycles. The van der Waals surface area contributed by atoms with E-state index in [-0.39, 0.29) is 5.41 Å². The fourth-order valence-corrected chi connectivity index (χ4v) is 7.25. The molecule has 0 spiro atoms. The summed E-state index contributed by atoms with van der Waals surface area (Å²) in [5.74, 6) is 3.68. The van der Waals surface area contributed by atoms with Gasteiger partial charge in [0, 0.05) is 25.0 Å². The van der Waals surface area contributed by atoms with Crippen molar-refractivity contribution in [2.45, 2.75) is 64.3 Å². The minimum absolute atomic E-state index is 0.0788. The number of amides is 1. The van der Waals surface area contributed by atoms with Crippen molar-refractivity contribution in [2.24, 2.45) is 23.2 Å². The summed E-state index contributed by atoms with van der Waals surface area (Å²) in [6.45, 7) is 3.37. The van der Waals surface area contributed by atoms with Crippen LogP contribution in [0.25, 0.3) is 11.0 Å². The minimum atomic E-state index is -0.0788. The maximum absolute atomic E-state index is 13.2. The topological polar surface area (TPSA) is 75.9 Å². The number of nitrogens with one attached hydrogen (secondary N) is 1. The largest absolute Gasteiger partial charge is 0.356 e. The Kier molecular flexibility index (Phi) is 4.46. The second-order valence-electron chi connectivity index (χ2n) is 10.3. The molecule has 2 aromatic heterocycles. The standard InChI is InChI=1S/C23H32N6O/c30-22(23-11-16-8-17(12-23)10-18(9-16)13-23)24-4-7-29-21-19(14-27-29)20(25-15-26-21)28-5-2-1-3-6-28/h14-18H,1-13H2,(H,24,30). The summed E-state index contributed by atoms with van der Waals surface area (Å²) in [6, 6.07) is 0. The Hall–Kier alpha value is -2.18. The average Bonchev–Trinajstić information content (AvgIpc) is 3.16. The lowest BCUT2D eigenvalue weighted by molar-refractivity contribution is -0.146. The van der Waals surface area contributed by atoms with Gasteiger partial charge in [0.2, 0.25) is 5.91 Å². The first-order chi connectivity index (χ1) is 14.7. The van der Waals surface area contributed by atoms with Crippen LogP contribution in [0.1, 0.15) is 57.8 Å². The number of hydrogen-bond donors (Lipinski definition) is 1. The van der Waals surface area contributed by atoms with E-state index in [1.165, 1.54) is 38.5 Å². The molecule has 5 aliphatic rings. The van der Waals surface area contributed by atoms with Gasteiger partial charge in [0.05, 0.1) is 18.1 Å². The zero-order valence-corrected chi connectivity index (χ0v) is 17.7. The van der Waals surface area contributed by atoms with Crippen LogP contribution in [0.3, 0.4) is 0 Å². The zero-order valence-electron chi connectivity index (χ0n) is 17.7. The summed E-state index contributed by atoms with van der Waals surface area (Å²) in [5, 5.41) is 8.86. The summed E-state index contributed by atoms with van der Waals surface area (Å²) in [4.78, 5) is 24.6. The number of nitrogens with zero attached hydrogens (tertiary/aromatic N) is 5. The molecule has 4 bridgehead atoms. The van der Waals surface area contributed by atoms with Crippen LogP contribution in [0.2, 0.25) is 0 Å². The number of carbonyl (C=O) groups excluding carboxylic acids is 1. The monoisotopic (exact) mass is 408 g/mol. The van der Waals surface area contributed by atoms with Gasteiger partial charge in [-0.15, -0.1) is 0 Å². The molecule has 0 atom stereocenters. The fraction of sp³-hybridized carbons (Fsp3) is 0.739. The second-order valence-corrected chi connectivity index (χ2v) is 10.3. The normalized spacial score (nSPS) is 32.7. The summed E-state index contributed by atoms with van der Waals surface area (Å²) in [6.07, 6.45) is 14.7. The summed E-state index contributed by atoms with van der Waals surface area (Å²) >= 11 is 0. The molecule has 0 aromatic carbocycles. The lowest BCUT2D eigenvalue weighted by Crippen LogP contribution is -2.53. The number of piperidine rings is 1. The van der Waals surface area contributed by atoms with E-state index in [0.29, 0.717) is 19.0 Å². The molecule has 1 aliphatic heterocycles. The van der Waals surface area contributed by atoms with Crippen LogP contribution in [0.15, 0.2) is 12.5 Å². The predicted molar refractivity (Wildman–Crippen MR) is 115 cm³/mol. The predicted octanol–water partition coefficient (Wildman–Crippen LogP) is 3.15. The molecule has 7 rings (SSSR count). The number of aromatic nitrogens is 4. The Balaban J connectivity index is 1.13. The van der Waals surface area contributed by atoms with E-state index in [4.69, 9.17) is 0 Å². The second kappa shape index (κ2) is 7.20. The van der Waals surface area contributed by atoms with Crippen molar-refractivity contribution >= 4 is 22.8 Å². The Bertz CT molecular complexity index is 911. The molecule has 1 N–H and O–H groups in total. The fourth-order valence-electron chi connectivity index (χ4n) is 7.25. The van der Waals surface area contributed by atoms with Gasteiger partial charge in [0.25, 0.3) is 0 Å². The van der Waals surface area contributed by atoms with Crippen molar-refractivity contribution in [3.63, 3.8) is 0 Å². The highest BCUT2D eigenvalue weighted by molar-refractivity contribution is 5.86. The molecule has 0 radical (unpaired) electrons. The van der Waals surface area contributed by atoms with Crippen molar-refractivity contribution in [1.82, 2.24) is 25.1 Å². The molecule has 7 nitrogen and oxygen atoms in total. The van der Waals surface area contributed by atoms with Crippen LogP contribution in [0.5, 0.6) is 0 Å². The molecule has 160 valence electrons. The third kappa shape index (κ3) is 3.08. The summed E-state index contributed by atoms with van der Waals surface area (Å²) in [5.41, 5.74) is 0.791. The molecule has 4 aliphatic carbocycles. The van der Waals surface area contributed by atoms with Crippen LogP contribution >= 0.6 is 0 Å². The quantitative estimate of drug-likeness (QED) is 0.823. The molecule has 2 aromatic rings. The Morgan fingerprint density at radius 2 is 1.73 bits per heavy atom. The van der Waals surface area contributed by atoms with Crippen LogP contribution in [-0.2, 0) is 11.3 Å². The molecular formula is C23H32N6O. The van der Waals surface area contributed by atoms with Gasteiger partial charge in [-0.25, -0.2) is 14.6 Å². The van der Waals surface area contributed by atoms with E-state index in [9.17, 15) is 4.79 Å². The van der Waals surface area contributed by atoms with E-state index in [2.05, 4.69) is 25.3 Å². The van der Waals surface area contributed by atoms with Gasteiger partial charge in [-0.2, -0.15) is 5.10 Å². The number of hydrogen-bond acceptors (Lipinski definition) is 5. The highest BCUT2D eigenvalue weighted by Crippen LogP contribution is 2.60. The number of anilines is 1. The third-order valence-electron chi connectivity index (χ3n) is 8.20. The maximum Gasteiger partial charge on any atom is 0.226 e. The van der Waals surface area contributed by atoms with E-state index >= 15 is 0 Å². The van der Waals surface area contributed by atoms with Crippen molar-refractivity contribution in [2.75, 3.05) is 24.5 Å². The van der Waals surface area contributed by atoms with E-state index in [1.54, 1.807) is 6.33 Å². The Morgan fingerprint density at radius 3 is 2.43 bits per heavy atom. The van der Waals surface area contributed by atoms with E-state index in [0.717, 1.165) is 67.0 Å². The maximum atomic E-state index is 13.2. The Morgan fingerprint density at radius 1 is 1.03 bits per heavy atom. The third-order valence-corrected chi connectivity index (χ3v) is 8.20. The van der Waals surface area contributed by atoms with Crippen LogP contribution in [0, 0.1) is 23.2 Å². The highest BCUT2D eigenvalue weighted by atomic mass is 16.2. The van der Waals surface area contributed by atoms with Gasteiger partial charge >= 0.3 is 0 Å². The van der Waals surface area contributed by atoms with E-state index < -0.39 is 0 Å². The van der Waals surface area contributed by atoms with Gasteiger partial charge in [-0.1, -0.05) is 0 Å². The van der Waals surface area contributed by atoms with Crippen LogP contribution in [0.4, 0.5) is 5.82 Å². The van der Waals surface area contributed by atoms with Gasteiger partial charge < -0.3 is 10.2 Å². The first-order valence-electron chi connectivity index (χ1n) is 11.9. The SMILES string of the molecule is O=C(NCCn1ncc2c(N3CCCCC3)ncnc21)C12CC3CC(CC(C3)C1)C2. The Labute approximate surface area is 177 Å². The molecule has 7 heteroatoms. The first-order valence-corrected chi connectivity index (χ1v) is 11.9. The number of rotatable bonds is 5. The lowest BCUT2D eigenvalue weighted by Gasteiger charge is -2.55. The van der Waals surface area contributed by atoms with Crippen molar-refractivity contribution < 1.29 is 4.79 Å². The average molecular weight is 409 g/mol. The number of fused-ring (bicyclic) bond motifs is 1. The van der Waals surface area contributed by atoms with Crippen LogP contribution < -0.4 is 10.2 Å².